The maximum atomic E-state index is 14.0. The van der Waals surface area contributed by atoms with Gasteiger partial charge in [-0.15, -0.1) is 0 Å². The van der Waals surface area contributed by atoms with Crippen molar-refractivity contribution in [2.75, 3.05) is 13.7 Å². The summed E-state index contributed by atoms with van der Waals surface area (Å²) in [5, 5.41) is 0. The SMILES string of the molecule is CO[C@H](COC(=O)c1ccccc1)[C@@H](OCc1ccccc1)[C@H](C)F. The summed E-state index contributed by atoms with van der Waals surface area (Å²) < 4.78 is 30.3. The first-order valence-corrected chi connectivity index (χ1v) is 8.16. The highest BCUT2D eigenvalue weighted by Crippen LogP contribution is 2.15. The Morgan fingerprint density at radius 2 is 1.64 bits per heavy atom. The molecule has 0 amide bonds. The molecule has 2 aromatic rings. The number of carbonyl (C=O) groups is 1. The lowest BCUT2D eigenvalue weighted by Gasteiger charge is -2.27. The first-order chi connectivity index (χ1) is 12.1. The van der Waals surface area contributed by atoms with Gasteiger partial charge in [0.1, 0.15) is 25.0 Å². The third kappa shape index (κ3) is 5.96. The molecule has 0 bridgehead atoms. The molecular weight excluding hydrogens is 323 g/mol. The van der Waals surface area contributed by atoms with Crippen molar-refractivity contribution >= 4 is 5.97 Å². The maximum absolute atomic E-state index is 14.0. The van der Waals surface area contributed by atoms with Gasteiger partial charge in [-0.2, -0.15) is 0 Å². The lowest BCUT2D eigenvalue weighted by atomic mass is 10.1. The van der Waals surface area contributed by atoms with Crippen LogP contribution in [0.3, 0.4) is 0 Å². The molecule has 0 fully saturated rings. The molecule has 2 aromatic carbocycles. The predicted molar refractivity (Wildman–Crippen MR) is 93.1 cm³/mol. The summed E-state index contributed by atoms with van der Waals surface area (Å²) in [7, 11) is 1.45. The summed E-state index contributed by atoms with van der Waals surface area (Å²) in [6.45, 7) is 1.57. The minimum Gasteiger partial charge on any atom is -0.459 e. The lowest BCUT2D eigenvalue weighted by Crippen LogP contribution is -2.41. The molecule has 0 unspecified atom stereocenters. The van der Waals surface area contributed by atoms with E-state index >= 15 is 0 Å². The number of methoxy groups -OCH3 is 1. The van der Waals surface area contributed by atoms with Gasteiger partial charge in [0.05, 0.1) is 12.2 Å². The van der Waals surface area contributed by atoms with Gasteiger partial charge in [0.2, 0.25) is 0 Å². The largest absolute Gasteiger partial charge is 0.459 e. The van der Waals surface area contributed by atoms with Crippen molar-refractivity contribution in [1.29, 1.82) is 0 Å². The average molecular weight is 346 g/mol. The number of hydrogen-bond donors (Lipinski definition) is 0. The van der Waals surface area contributed by atoms with Crippen LogP contribution >= 0.6 is 0 Å². The molecule has 5 heteroatoms. The highest BCUT2D eigenvalue weighted by Gasteiger charge is 2.29. The Morgan fingerprint density at radius 3 is 2.20 bits per heavy atom. The Bertz CT molecular complexity index is 631. The first kappa shape index (κ1) is 19.1. The molecule has 3 atom stereocenters. The van der Waals surface area contributed by atoms with E-state index in [9.17, 15) is 9.18 Å². The monoisotopic (exact) mass is 346 g/mol. The normalized spacial score (nSPS) is 14.5. The Morgan fingerprint density at radius 1 is 1.04 bits per heavy atom. The molecular formula is C20H23FO4. The van der Waals surface area contributed by atoms with Crippen molar-refractivity contribution in [1.82, 2.24) is 0 Å². The number of ether oxygens (including phenoxy) is 3. The molecule has 0 saturated heterocycles. The number of esters is 1. The molecule has 0 aliphatic carbocycles. The predicted octanol–water partition coefficient (Wildman–Crippen LogP) is 3.80. The highest BCUT2D eigenvalue weighted by molar-refractivity contribution is 5.89. The van der Waals surface area contributed by atoms with Gasteiger partial charge >= 0.3 is 5.97 Å². The van der Waals surface area contributed by atoms with Crippen LogP contribution in [0.5, 0.6) is 0 Å². The number of alkyl halides is 1. The number of halogens is 1. The standard InChI is InChI=1S/C20H23FO4/c1-15(21)19(24-13-16-9-5-3-6-10-16)18(23-2)14-25-20(22)17-11-7-4-8-12-17/h3-12,15,18-19H,13-14H2,1-2H3/t15-,18+,19-/m0/s1. The second-order valence-electron chi connectivity index (χ2n) is 5.68. The summed E-state index contributed by atoms with van der Waals surface area (Å²) >= 11 is 0. The Balaban J connectivity index is 1.93. The fraction of sp³-hybridized carbons (Fsp3) is 0.350. The molecule has 25 heavy (non-hydrogen) atoms. The van der Waals surface area contributed by atoms with Gasteiger partial charge < -0.3 is 14.2 Å². The van der Waals surface area contributed by atoms with Crippen LogP contribution in [0.4, 0.5) is 4.39 Å². The van der Waals surface area contributed by atoms with Crippen molar-refractivity contribution in [2.24, 2.45) is 0 Å². The van der Waals surface area contributed by atoms with Gasteiger partial charge in [-0.1, -0.05) is 48.5 Å². The van der Waals surface area contributed by atoms with Crippen LogP contribution in [0.2, 0.25) is 0 Å². The fourth-order valence-corrected chi connectivity index (χ4v) is 2.41. The molecule has 0 aliphatic rings. The number of hydrogen-bond acceptors (Lipinski definition) is 4. The molecule has 0 radical (unpaired) electrons. The van der Waals surface area contributed by atoms with Crippen molar-refractivity contribution in [3.63, 3.8) is 0 Å². The summed E-state index contributed by atoms with van der Waals surface area (Å²) in [5.74, 6) is -0.476. The number of benzene rings is 2. The van der Waals surface area contributed by atoms with Gasteiger partial charge in [0, 0.05) is 7.11 Å². The molecule has 2 rings (SSSR count). The first-order valence-electron chi connectivity index (χ1n) is 8.16. The van der Waals surface area contributed by atoms with Crippen LogP contribution in [0.1, 0.15) is 22.8 Å². The van der Waals surface area contributed by atoms with Gasteiger partial charge in [-0.25, -0.2) is 9.18 Å². The lowest BCUT2D eigenvalue weighted by molar-refractivity contribution is -0.111. The second-order valence-corrected chi connectivity index (χ2v) is 5.68. The zero-order valence-electron chi connectivity index (χ0n) is 14.4. The van der Waals surface area contributed by atoms with Crippen molar-refractivity contribution in [3.05, 3.63) is 71.8 Å². The van der Waals surface area contributed by atoms with E-state index in [1.807, 2.05) is 36.4 Å². The van der Waals surface area contributed by atoms with Crippen LogP contribution in [0, 0.1) is 0 Å². The average Bonchev–Trinajstić information content (AvgIpc) is 2.65. The Labute approximate surface area is 147 Å². The van der Waals surface area contributed by atoms with Crippen LogP contribution < -0.4 is 0 Å². The molecule has 0 aromatic heterocycles. The van der Waals surface area contributed by atoms with Gasteiger partial charge in [-0.3, -0.25) is 0 Å². The Kier molecular flexibility index (Phi) is 7.57. The quantitative estimate of drug-likeness (QED) is 0.648. The molecule has 0 N–H and O–H groups in total. The minimum atomic E-state index is -1.27. The van der Waals surface area contributed by atoms with E-state index in [0.29, 0.717) is 5.56 Å². The van der Waals surface area contributed by atoms with Crippen LogP contribution in [0.15, 0.2) is 60.7 Å². The van der Waals surface area contributed by atoms with E-state index in [-0.39, 0.29) is 13.2 Å². The van der Waals surface area contributed by atoms with E-state index in [1.165, 1.54) is 14.0 Å². The van der Waals surface area contributed by atoms with E-state index in [2.05, 4.69) is 0 Å². The van der Waals surface area contributed by atoms with Crippen LogP contribution in [-0.2, 0) is 20.8 Å². The van der Waals surface area contributed by atoms with Gasteiger partial charge in [0.25, 0.3) is 0 Å². The van der Waals surface area contributed by atoms with Crippen LogP contribution in [-0.4, -0.2) is 38.1 Å². The minimum absolute atomic E-state index is 0.0854. The topological polar surface area (TPSA) is 44.8 Å². The van der Waals surface area contributed by atoms with E-state index < -0.39 is 24.3 Å². The zero-order chi connectivity index (χ0) is 18.1. The zero-order valence-corrected chi connectivity index (χ0v) is 14.4. The number of carbonyl (C=O) groups excluding carboxylic acids is 1. The third-order valence-electron chi connectivity index (χ3n) is 3.80. The second kappa shape index (κ2) is 9.91. The summed E-state index contributed by atoms with van der Waals surface area (Å²) in [5.41, 5.74) is 1.37. The number of rotatable bonds is 9. The smallest absolute Gasteiger partial charge is 0.338 e. The molecule has 0 aliphatic heterocycles. The molecule has 0 heterocycles. The maximum Gasteiger partial charge on any atom is 0.338 e. The highest BCUT2D eigenvalue weighted by atomic mass is 19.1. The summed E-state index contributed by atoms with van der Waals surface area (Å²) in [6.07, 6.45) is -2.81. The van der Waals surface area contributed by atoms with E-state index in [1.54, 1.807) is 24.3 Å². The summed E-state index contributed by atoms with van der Waals surface area (Å²) in [4.78, 5) is 12.0. The van der Waals surface area contributed by atoms with Gasteiger partial charge in [0.15, 0.2) is 0 Å². The molecule has 0 spiro atoms. The molecule has 134 valence electrons. The van der Waals surface area contributed by atoms with Gasteiger partial charge in [-0.05, 0) is 24.6 Å². The van der Waals surface area contributed by atoms with E-state index in [4.69, 9.17) is 14.2 Å². The fourth-order valence-electron chi connectivity index (χ4n) is 2.41. The summed E-state index contributed by atoms with van der Waals surface area (Å²) in [6, 6.07) is 18.1. The Hall–Kier alpha value is -2.24. The molecule has 0 saturated carbocycles. The third-order valence-corrected chi connectivity index (χ3v) is 3.80. The van der Waals surface area contributed by atoms with Crippen molar-refractivity contribution in [2.45, 2.75) is 31.9 Å². The van der Waals surface area contributed by atoms with Crippen molar-refractivity contribution in [3.8, 4) is 0 Å². The van der Waals surface area contributed by atoms with Crippen molar-refractivity contribution < 1.29 is 23.4 Å². The molecule has 4 nitrogen and oxygen atoms in total. The van der Waals surface area contributed by atoms with E-state index in [0.717, 1.165) is 5.56 Å². The van der Waals surface area contributed by atoms with Crippen LogP contribution in [0.25, 0.3) is 0 Å².